The van der Waals surface area contributed by atoms with Gasteiger partial charge >= 0.3 is 0 Å². The number of piperidine rings is 1. The number of nitrogens with one attached hydrogen (secondary N) is 1. The lowest BCUT2D eigenvalue weighted by molar-refractivity contribution is 0.0659. The predicted octanol–water partition coefficient (Wildman–Crippen LogP) is 1.02. The fraction of sp³-hybridized carbons (Fsp3) is 0.583. The molecule has 2 aliphatic heterocycles. The minimum absolute atomic E-state index is 0.0338. The number of nitrogens with zero attached hydrogens (tertiary/aromatic N) is 1. The maximum absolute atomic E-state index is 12.1. The zero-order valence-corrected chi connectivity index (χ0v) is 9.40. The van der Waals surface area contributed by atoms with E-state index in [4.69, 9.17) is 4.42 Å². The van der Waals surface area contributed by atoms with Crippen molar-refractivity contribution in [2.75, 3.05) is 19.6 Å². The molecule has 1 amide bonds. The zero-order valence-electron chi connectivity index (χ0n) is 9.40. The molecule has 0 aromatic carbocycles. The Morgan fingerprint density at radius 1 is 1.56 bits per heavy atom. The van der Waals surface area contributed by atoms with Crippen molar-refractivity contribution < 1.29 is 9.21 Å². The van der Waals surface area contributed by atoms with Gasteiger partial charge in [-0.05, 0) is 30.9 Å². The second kappa shape index (κ2) is 3.63. The Balaban J connectivity index is 1.76. The number of hydrogen-bond acceptors (Lipinski definition) is 3. The van der Waals surface area contributed by atoms with Crippen LogP contribution in [0.15, 0.2) is 16.7 Å². The number of rotatable bonds is 1. The van der Waals surface area contributed by atoms with Crippen LogP contribution >= 0.6 is 0 Å². The van der Waals surface area contributed by atoms with Gasteiger partial charge < -0.3 is 14.6 Å². The molecule has 16 heavy (non-hydrogen) atoms. The van der Waals surface area contributed by atoms with Gasteiger partial charge in [0.1, 0.15) is 0 Å². The van der Waals surface area contributed by atoms with Gasteiger partial charge in [-0.2, -0.15) is 0 Å². The van der Waals surface area contributed by atoms with Gasteiger partial charge in [0.2, 0.25) is 0 Å². The zero-order chi connectivity index (χ0) is 11.1. The molecule has 86 valence electrons. The Labute approximate surface area is 94.6 Å². The summed E-state index contributed by atoms with van der Waals surface area (Å²) >= 11 is 0. The van der Waals surface area contributed by atoms with Crippen LogP contribution in [0.4, 0.5) is 0 Å². The van der Waals surface area contributed by atoms with Crippen LogP contribution in [-0.2, 0) is 0 Å². The Hall–Kier alpha value is -1.29. The number of hydrogen-bond donors (Lipinski definition) is 1. The Kier molecular flexibility index (Phi) is 2.24. The highest BCUT2D eigenvalue weighted by Crippen LogP contribution is 2.23. The van der Waals surface area contributed by atoms with E-state index in [9.17, 15) is 4.79 Å². The van der Waals surface area contributed by atoms with Crippen LogP contribution in [0.3, 0.4) is 0 Å². The number of furan rings is 1. The lowest BCUT2D eigenvalue weighted by atomic mass is 10.00. The standard InChI is InChI=1S/C12H16N2O2/c1-8-2-11(16-7-8)12(15)14-5-9-3-10(6-14)13-4-9/h2,7,9-10,13H,3-6H2,1H3/t9-,10-/m0/s1. The van der Waals surface area contributed by atoms with Gasteiger partial charge in [-0.25, -0.2) is 0 Å². The second-order valence-corrected chi connectivity index (χ2v) is 4.91. The third-order valence-corrected chi connectivity index (χ3v) is 3.46. The molecule has 3 heterocycles. The first-order valence-corrected chi connectivity index (χ1v) is 5.80. The molecule has 1 N–H and O–H groups in total. The molecule has 2 aliphatic rings. The molecule has 0 aliphatic carbocycles. The molecule has 0 unspecified atom stereocenters. The van der Waals surface area contributed by atoms with Gasteiger partial charge in [-0.3, -0.25) is 4.79 Å². The van der Waals surface area contributed by atoms with Gasteiger partial charge in [-0.1, -0.05) is 0 Å². The van der Waals surface area contributed by atoms with Crippen molar-refractivity contribution in [1.29, 1.82) is 0 Å². The summed E-state index contributed by atoms with van der Waals surface area (Å²) < 4.78 is 5.26. The van der Waals surface area contributed by atoms with Crippen molar-refractivity contribution >= 4 is 5.91 Å². The third-order valence-electron chi connectivity index (χ3n) is 3.46. The number of carbonyl (C=O) groups is 1. The third kappa shape index (κ3) is 1.63. The minimum atomic E-state index is 0.0338. The highest BCUT2D eigenvalue weighted by molar-refractivity contribution is 5.91. The van der Waals surface area contributed by atoms with Crippen LogP contribution in [0.5, 0.6) is 0 Å². The van der Waals surface area contributed by atoms with Crippen molar-refractivity contribution in [3.8, 4) is 0 Å². The van der Waals surface area contributed by atoms with Crippen LogP contribution in [-0.4, -0.2) is 36.5 Å². The van der Waals surface area contributed by atoms with Crippen LogP contribution in [0.25, 0.3) is 0 Å². The molecule has 3 rings (SSSR count). The SMILES string of the molecule is Cc1coc(C(=O)N2C[C@@H]3CN[C@@H](C3)C2)c1. The van der Waals surface area contributed by atoms with Crippen molar-refractivity contribution in [3.05, 3.63) is 23.7 Å². The smallest absolute Gasteiger partial charge is 0.289 e. The number of likely N-dealkylation sites (tertiary alicyclic amines) is 1. The van der Waals surface area contributed by atoms with Gasteiger partial charge in [-0.15, -0.1) is 0 Å². The van der Waals surface area contributed by atoms with Crippen molar-refractivity contribution in [1.82, 2.24) is 10.2 Å². The van der Waals surface area contributed by atoms with Crippen LogP contribution < -0.4 is 5.32 Å². The van der Waals surface area contributed by atoms with Gasteiger partial charge in [0.05, 0.1) is 6.26 Å². The molecular formula is C12H16N2O2. The fourth-order valence-electron chi connectivity index (χ4n) is 2.70. The predicted molar refractivity (Wildman–Crippen MR) is 59.2 cm³/mol. The summed E-state index contributed by atoms with van der Waals surface area (Å²) in [5.74, 6) is 1.13. The van der Waals surface area contributed by atoms with Crippen molar-refractivity contribution in [2.24, 2.45) is 5.92 Å². The summed E-state index contributed by atoms with van der Waals surface area (Å²) in [5.41, 5.74) is 1.00. The Morgan fingerprint density at radius 3 is 3.12 bits per heavy atom. The monoisotopic (exact) mass is 220 g/mol. The van der Waals surface area contributed by atoms with E-state index < -0.39 is 0 Å². The number of aryl methyl sites for hydroxylation is 1. The van der Waals surface area contributed by atoms with E-state index >= 15 is 0 Å². The molecule has 2 atom stereocenters. The minimum Gasteiger partial charge on any atom is -0.459 e. The molecule has 4 nitrogen and oxygen atoms in total. The second-order valence-electron chi connectivity index (χ2n) is 4.91. The Bertz CT molecular complexity index is 401. The number of carbonyl (C=O) groups excluding carboxylic acids is 1. The van der Waals surface area contributed by atoms with E-state index in [0.717, 1.165) is 25.2 Å². The van der Waals surface area contributed by atoms with Crippen LogP contribution in [0, 0.1) is 12.8 Å². The molecule has 2 fully saturated rings. The molecule has 0 radical (unpaired) electrons. The first kappa shape index (κ1) is 9.90. The summed E-state index contributed by atoms with van der Waals surface area (Å²) in [5, 5.41) is 3.44. The molecule has 1 aromatic heterocycles. The highest BCUT2D eigenvalue weighted by Gasteiger charge is 2.35. The van der Waals surface area contributed by atoms with Gasteiger partial charge in [0, 0.05) is 25.7 Å². The molecule has 1 aromatic rings. The molecule has 4 heteroatoms. The van der Waals surface area contributed by atoms with Crippen molar-refractivity contribution in [3.63, 3.8) is 0 Å². The lowest BCUT2D eigenvalue weighted by Gasteiger charge is -2.30. The summed E-state index contributed by atoms with van der Waals surface area (Å²) in [6.07, 6.45) is 2.84. The quantitative estimate of drug-likeness (QED) is 0.768. The first-order chi connectivity index (χ1) is 7.72. The molecule has 2 saturated heterocycles. The first-order valence-electron chi connectivity index (χ1n) is 5.80. The van der Waals surface area contributed by atoms with Gasteiger partial charge in [0.25, 0.3) is 5.91 Å². The highest BCUT2D eigenvalue weighted by atomic mass is 16.3. The van der Waals surface area contributed by atoms with E-state index in [1.165, 1.54) is 6.42 Å². The molecule has 0 spiro atoms. The molecular weight excluding hydrogens is 204 g/mol. The Morgan fingerprint density at radius 2 is 2.44 bits per heavy atom. The average molecular weight is 220 g/mol. The maximum Gasteiger partial charge on any atom is 0.289 e. The van der Waals surface area contributed by atoms with E-state index in [2.05, 4.69) is 5.32 Å². The summed E-state index contributed by atoms with van der Waals surface area (Å²) in [6, 6.07) is 2.30. The summed E-state index contributed by atoms with van der Waals surface area (Å²) in [4.78, 5) is 14.1. The van der Waals surface area contributed by atoms with E-state index in [1.807, 2.05) is 17.9 Å². The van der Waals surface area contributed by atoms with E-state index in [0.29, 0.717) is 17.7 Å². The normalized spacial score (nSPS) is 28.4. The fourth-order valence-corrected chi connectivity index (χ4v) is 2.70. The summed E-state index contributed by atoms with van der Waals surface area (Å²) in [6.45, 7) is 4.66. The maximum atomic E-state index is 12.1. The van der Waals surface area contributed by atoms with Gasteiger partial charge in [0.15, 0.2) is 5.76 Å². The summed E-state index contributed by atoms with van der Waals surface area (Å²) in [7, 11) is 0. The largest absolute Gasteiger partial charge is 0.459 e. The molecule has 2 bridgehead atoms. The number of amides is 1. The van der Waals surface area contributed by atoms with E-state index in [-0.39, 0.29) is 5.91 Å². The van der Waals surface area contributed by atoms with Crippen molar-refractivity contribution in [2.45, 2.75) is 19.4 Å². The number of fused-ring (bicyclic) bond motifs is 2. The average Bonchev–Trinajstić information content (AvgIpc) is 2.84. The van der Waals surface area contributed by atoms with Crippen LogP contribution in [0.2, 0.25) is 0 Å². The van der Waals surface area contributed by atoms with E-state index in [1.54, 1.807) is 6.26 Å². The topological polar surface area (TPSA) is 45.5 Å². The van der Waals surface area contributed by atoms with Crippen LogP contribution in [0.1, 0.15) is 22.5 Å². The lowest BCUT2D eigenvalue weighted by Crippen LogP contribution is -2.44. The molecule has 0 saturated carbocycles.